The van der Waals surface area contributed by atoms with E-state index < -0.39 is 0 Å². The summed E-state index contributed by atoms with van der Waals surface area (Å²) in [6, 6.07) is 5.07. The van der Waals surface area contributed by atoms with Gasteiger partial charge in [-0.15, -0.1) is 0 Å². The van der Waals surface area contributed by atoms with Crippen LogP contribution in [0, 0.1) is 0 Å². The van der Waals surface area contributed by atoms with Gasteiger partial charge < -0.3 is 4.57 Å². The summed E-state index contributed by atoms with van der Waals surface area (Å²) in [7, 11) is 0. The van der Waals surface area contributed by atoms with Crippen LogP contribution in [0.25, 0.3) is 5.52 Å². The zero-order valence-electron chi connectivity index (χ0n) is 9.62. The van der Waals surface area contributed by atoms with Crippen LogP contribution in [0.2, 0.25) is 10.3 Å². The summed E-state index contributed by atoms with van der Waals surface area (Å²) in [6.45, 7) is 0.337. The van der Waals surface area contributed by atoms with Crippen LogP contribution in [0.3, 0.4) is 0 Å². The van der Waals surface area contributed by atoms with E-state index in [1.54, 1.807) is 41.4 Å². The second-order valence-corrected chi connectivity index (χ2v) is 4.72. The van der Waals surface area contributed by atoms with Crippen LogP contribution in [-0.2, 0) is 6.54 Å². The summed E-state index contributed by atoms with van der Waals surface area (Å²) < 4.78 is 3.08. The summed E-state index contributed by atoms with van der Waals surface area (Å²) >= 11 is 11.7. The van der Waals surface area contributed by atoms with Gasteiger partial charge in [0.2, 0.25) is 0 Å². The second-order valence-electron chi connectivity index (χ2n) is 3.98. The summed E-state index contributed by atoms with van der Waals surface area (Å²) in [5, 5.41) is 4.63. The van der Waals surface area contributed by atoms with Gasteiger partial charge >= 0.3 is 0 Å². The Hall–Kier alpha value is -1.85. The van der Waals surface area contributed by atoms with Crippen molar-refractivity contribution in [2.45, 2.75) is 6.54 Å². The van der Waals surface area contributed by atoms with E-state index in [4.69, 9.17) is 23.2 Å². The highest BCUT2D eigenvalue weighted by Crippen LogP contribution is 2.17. The predicted molar refractivity (Wildman–Crippen MR) is 72.8 cm³/mol. The SMILES string of the molecule is O=c1c2ccnn2ccn1Cc1ccc(Cl)nc1Cl. The van der Waals surface area contributed by atoms with E-state index in [2.05, 4.69) is 10.1 Å². The quantitative estimate of drug-likeness (QED) is 0.681. The molecule has 3 heterocycles. The van der Waals surface area contributed by atoms with Crippen LogP contribution >= 0.6 is 23.2 Å². The van der Waals surface area contributed by atoms with Crippen molar-refractivity contribution in [2.75, 3.05) is 0 Å². The van der Waals surface area contributed by atoms with Gasteiger partial charge in [-0.2, -0.15) is 5.10 Å². The largest absolute Gasteiger partial charge is 0.308 e. The van der Waals surface area contributed by atoms with Gasteiger partial charge in [0.1, 0.15) is 15.8 Å². The third kappa shape index (κ3) is 2.22. The minimum Gasteiger partial charge on any atom is -0.308 e. The van der Waals surface area contributed by atoms with E-state index in [9.17, 15) is 4.79 Å². The van der Waals surface area contributed by atoms with Crippen molar-refractivity contribution < 1.29 is 0 Å². The molecular weight excluding hydrogens is 287 g/mol. The Balaban J connectivity index is 2.05. The molecule has 0 fully saturated rings. The Morgan fingerprint density at radius 3 is 2.79 bits per heavy atom. The van der Waals surface area contributed by atoms with Crippen molar-refractivity contribution in [3.8, 4) is 0 Å². The van der Waals surface area contributed by atoms with Crippen molar-refractivity contribution in [1.29, 1.82) is 0 Å². The fourth-order valence-corrected chi connectivity index (χ4v) is 2.23. The van der Waals surface area contributed by atoms with Crippen molar-refractivity contribution in [3.63, 3.8) is 0 Å². The molecule has 96 valence electrons. The van der Waals surface area contributed by atoms with Crippen molar-refractivity contribution in [2.24, 2.45) is 0 Å². The molecule has 0 bridgehead atoms. The smallest absolute Gasteiger partial charge is 0.276 e. The fourth-order valence-electron chi connectivity index (χ4n) is 1.83. The molecule has 3 aromatic heterocycles. The standard InChI is InChI=1S/C12H8Cl2N4O/c13-10-2-1-8(11(14)16-10)7-17-5-6-18-9(12(17)19)3-4-15-18/h1-6H,7H2. The van der Waals surface area contributed by atoms with Crippen LogP contribution in [0.5, 0.6) is 0 Å². The van der Waals surface area contributed by atoms with Gasteiger partial charge in [-0.3, -0.25) is 4.79 Å². The van der Waals surface area contributed by atoms with Gasteiger partial charge in [0.05, 0.1) is 12.7 Å². The molecule has 0 N–H and O–H groups in total. The van der Waals surface area contributed by atoms with Crippen LogP contribution in [0.4, 0.5) is 0 Å². The minimum atomic E-state index is -0.133. The van der Waals surface area contributed by atoms with E-state index in [0.29, 0.717) is 22.4 Å². The summed E-state index contributed by atoms with van der Waals surface area (Å²) in [4.78, 5) is 16.1. The molecule has 7 heteroatoms. The van der Waals surface area contributed by atoms with Gasteiger partial charge in [-0.05, 0) is 12.1 Å². The number of hydrogen-bond donors (Lipinski definition) is 0. The maximum Gasteiger partial charge on any atom is 0.276 e. The van der Waals surface area contributed by atoms with Crippen molar-refractivity contribution in [3.05, 3.63) is 63.0 Å². The molecule has 0 aliphatic heterocycles. The molecule has 19 heavy (non-hydrogen) atoms. The minimum absolute atomic E-state index is 0.133. The van der Waals surface area contributed by atoms with Crippen LogP contribution in [0.15, 0.2) is 41.6 Å². The first-order chi connectivity index (χ1) is 9.15. The van der Waals surface area contributed by atoms with E-state index in [1.165, 1.54) is 4.52 Å². The lowest BCUT2D eigenvalue weighted by molar-refractivity contribution is 0.740. The highest BCUT2D eigenvalue weighted by molar-refractivity contribution is 6.32. The normalized spacial score (nSPS) is 11.1. The van der Waals surface area contributed by atoms with Crippen LogP contribution < -0.4 is 5.56 Å². The zero-order valence-corrected chi connectivity index (χ0v) is 11.1. The first-order valence-corrected chi connectivity index (χ1v) is 6.24. The lowest BCUT2D eigenvalue weighted by atomic mass is 10.3. The molecule has 0 aliphatic carbocycles. The molecule has 0 saturated carbocycles. The molecule has 0 aliphatic rings. The third-order valence-corrected chi connectivity index (χ3v) is 3.31. The highest BCUT2D eigenvalue weighted by Gasteiger charge is 2.07. The molecule has 3 aromatic rings. The first kappa shape index (κ1) is 12.2. The molecule has 0 radical (unpaired) electrons. The first-order valence-electron chi connectivity index (χ1n) is 5.49. The predicted octanol–water partition coefficient (Wildman–Crippen LogP) is 2.25. The number of hydrogen-bond acceptors (Lipinski definition) is 3. The lowest BCUT2D eigenvalue weighted by Crippen LogP contribution is -2.22. The highest BCUT2D eigenvalue weighted by atomic mass is 35.5. The molecule has 0 unspecified atom stereocenters. The van der Waals surface area contributed by atoms with E-state index >= 15 is 0 Å². The number of fused-ring (bicyclic) bond motifs is 1. The molecule has 0 saturated heterocycles. The van der Waals surface area contributed by atoms with Crippen LogP contribution in [-0.4, -0.2) is 19.2 Å². The average molecular weight is 295 g/mol. The van der Waals surface area contributed by atoms with E-state index in [1.807, 2.05) is 0 Å². The topological polar surface area (TPSA) is 52.2 Å². The van der Waals surface area contributed by atoms with Crippen LogP contribution in [0.1, 0.15) is 5.56 Å². The molecule has 0 spiro atoms. The lowest BCUT2D eigenvalue weighted by Gasteiger charge is -2.07. The second kappa shape index (κ2) is 4.68. The van der Waals surface area contributed by atoms with Crippen molar-refractivity contribution >= 4 is 28.7 Å². The summed E-state index contributed by atoms with van der Waals surface area (Å²) in [6.07, 6.45) is 4.96. The summed E-state index contributed by atoms with van der Waals surface area (Å²) in [5.74, 6) is 0. The maximum atomic E-state index is 12.2. The third-order valence-electron chi connectivity index (χ3n) is 2.77. The van der Waals surface area contributed by atoms with E-state index in [0.717, 1.165) is 5.56 Å². The monoisotopic (exact) mass is 294 g/mol. The van der Waals surface area contributed by atoms with Gasteiger partial charge in [0.15, 0.2) is 0 Å². The van der Waals surface area contributed by atoms with E-state index in [-0.39, 0.29) is 5.56 Å². The number of nitrogens with zero attached hydrogens (tertiary/aromatic N) is 4. The molecule has 3 rings (SSSR count). The Bertz CT molecular complexity index is 809. The molecular formula is C12H8Cl2N4O. The maximum absolute atomic E-state index is 12.2. The van der Waals surface area contributed by atoms with Crippen molar-refractivity contribution in [1.82, 2.24) is 19.2 Å². The number of aromatic nitrogens is 4. The Morgan fingerprint density at radius 1 is 1.16 bits per heavy atom. The Kier molecular flexibility index (Phi) is 3.00. The Labute approximate surface area is 118 Å². The Morgan fingerprint density at radius 2 is 2.00 bits per heavy atom. The average Bonchev–Trinajstić information content (AvgIpc) is 2.85. The molecule has 0 amide bonds. The molecule has 0 aromatic carbocycles. The number of pyridine rings is 1. The molecule has 0 atom stereocenters. The van der Waals surface area contributed by atoms with Gasteiger partial charge in [0.25, 0.3) is 5.56 Å². The number of rotatable bonds is 2. The zero-order chi connectivity index (χ0) is 13.4. The number of halogens is 2. The summed E-state index contributed by atoms with van der Waals surface area (Å²) in [5.41, 5.74) is 1.11. The van der Waals surface area contributed by atoms with Gasteiger partial charge in [-0.1, -0.05) is 29.3 Å². The van der Waals surface area contributed by atoms with Gasteiger partial charge in [-0.25, -0.2) is 9.50 Å². The fraction of sp³-hybridized carbons (Fsp3) is 0.0833. The molecule has 5 nitrogen and oxygen atoms in total. The van der Waals surface area contributed by atoms with Gasteiger partial charge in [0, 0.05) is 18.0 Å².